The zero-order chi connectivity index (χ0) is 26.6. The molecule has 2 saturated heterocycles. The predicted molar refractivity (Wildman–Crippen MR) is 149 cm³/mol. The molecule has 0 unspecified atom stereocenters. The van der Waals surface area contributed by atoms with Crippen molar-refractivity contribution in [2.24, 2.45) is 0 Å². The third-order valence-corrected chi connectivity index (χ3v) is 9.14. The zero-order valence-electron chi connectivity index (χ0n) is 20.5. The third-order valence-electron chi connectivity index (χ3n) is 8.03. The lowest BCUT2D eigenvalue weighted by molar-refractivity contribution is -0.534. The van der Waals surface area contributed by atoms with Crippen LogP contribution in [0.25, 0.3) is 0 Å². The van der Waals surface area contributed by atoms with Crippen molar-refractivity contribution in [1.29, 1.82) is 0 Å². The number of hydrogen-bond donors (Lipinski definition) is 1. The molecule has 1 amide bonds. The molecule has 3 aliphatic rings. The van der Waals surface area contributed by atoms with Gasteiger partial charge in [-0.25, -0.2) is 0 Å². The number of carbonyl (C=O) groups excluding carboxylic acids is 1. The normalized spacial score (nSPS) is 25.8. The van der Waals surface area contributed by atoms with Crippen molar-refractivity contribution in [3.63, 3.8) is 0 Å². The maximum Gasteiger partial charge on any atom is 0.256 e. The molecule has 8 nitrogen and oxygen atoms in total. The van der Waals surface area contributed by atoms with E-state index in [1.165, 1.54) is 0 Å². The van der Waals surface area contributed by atoms with Crippen LogP contribution in [0.1, 0.15) is 35.4 Å². The topological polar surface area (TPSA) is 93.9 Å². The Labute approximate surface area is 236 Å². The summed E-state index contributed by atoms with van der Waals surface area (Å²) in [5, 5.41) is 15.8. The van der Waals surface area contributed by atoms with Gasteiger partial charge in [0.25, 0.3) is 11.9 Å². The van der Waals surface area contributed by atoms with E-state index in [2.05, 4.69) is 42.1 Å². The van der Waals surface area contributed by atoms with Gasteiger partial charge in [-0.2, -0.15) is 0 Å². The molecule has 0 bridgehead atoms. The first-order valence-corrected chi connectivity index (χ1v) is 14.0. The van der Waals surface area contributed by atoms with Gasteiger partial charge in [0.1, 0.15) is 6.61 Å². The van der Waals surface area contributed by atoms with Crippen molar-refractivity contribution in [1.82, 2.24) is 4.90 Å². The predicted octanol–water partition coefficient (Wildman–Crippen LogP) is 5.85. The van der Waals surface area contributed by atoms with E-state index in [1.807, 2.05) is 60.7 Å². The molecule has 3 heterocycles. The van der Waals surface area contributed by atoms with Crippen molar-refractivity contribution in [2.75, 3.05) is 19.0 Å². The Morgan fingerprint density at radius 1 is 1.16 bits per heavy atom. The fraction of sp³-hybridized carbons (Fsp3) is 0.321. The van der Waals surface area contributed by atoms with E-state index in [0.717, 1.165) is 28.4 Å². The fourth-order valence-corrected chi connectivity index (χ4v) is 7.42. The van der Waals surface area contributed by atoms with Gasteiger partial charge in [-0.1, -0.05) is 46.3 Å². The Kier molecular flexibility index (Phi) is 6.44. The van der Waals surface area contributed by atoms with Gasteiger partial charge in [-0.3, -0.25) is 19.8 Å². The van der Waals surface area contributed by atoms with Gasteiger partial charge in [0.05, 0.1) is 17.5 Å². The van der Waals surface area contributed by atoms with Crippen molar-refractivity contribution in [3.8, 4) is 11.5 Å². The lowest BCUT2D eigenvalue weighted by Crippen LogP contribution is -2.55. The monoisotopic (exact) mass is 641 g/mol. The highest BCUT2D eigenvalue weighted by Crippen LogP contribution is 2.58. The summed E-state index contributed by atoms with van der Waals surface area (Å²) >= 11 is 7.08. The minimum atomic E-state index is -1.36. The number of rotatable bonds is 6. The molecule has 4 atom stereocenters. The number of halogens is 2. The number of ether oxygens (including phenoxy) is 2. The number of anilines is 1. The first-order valence-electron chi connectivity index (χ1n) is 12.4. The molecular weight excluding hydrogens is 618 g/mol. The minimum absolute atomic E-state index is 0.159. The average Bonchev–Trinajstić information content (AvgIpc) is 3.57. The Balaban J connectivity index is 1.42. The van der Waals surface area contributed by atoms with Crippen LogP contribution in [0.5, 0.6) is 11.5 Å². The highest BCUT2D eigenvalue weighted by atomic mass is 79.9. The number of nitrogens with one attached hydrogen (secondary N) is 1. The number of hydrogen-bond acceptors (Lipinski definition) is 6. The second kappa shape index (κ2) is 9.66. The first-order chi connectivity index (χ1) is 18.4. The van der Waals surface area contributed by atoms with E-state index in [1.54, 1.807) is 7.11 Å². The second-order valence-corrected chi connectivity index (χ2v) is 11.6. The Morgan fingerprint density at radius 2 is 1.92 bits per heavy atom. The summed E-state index contributed by atoms with van der Waals surface area (Å²) in [6.45, 7) is 0.957. The molecule has 1 spiro atoms. The van der Waals surface area contributed by atoms with Crippen molar-refractivity contribution in [2.45, 2.75) is 43.0 Å². The minimum Gasteiger partial charge on any atom is -0.493 e. The maximum atomic E-state index is 13.7. The number of para-hydroxylation sites is 1. The molecule has 0 aliphatic carbocycles. The molecule has 2 fully saturated rings. The Bertz CT molecular complexity index is 1430. The fourth-order valence-electron chi connectivity index (χ4n) is 6.58. The lowest BCUT2D eigenvalue weighted by Gasteiger charge is -2.32. The first kappa shape index (κ1) is 25.3. The molecule has 10 heteroatoms. The summed E-state index contributed by atoms with van der Waals surface area (Å²) in [6, 6.07) is 17.6. The molecule has 38 heavy (non-hydrogen) atoms. The maximum absolute atomic E-state index is 13.7. The molecule has 1 N–H and O–H groups in total. The summed E-state index contributed by atoms with van der Waals surface area (Å²) in [4.78, 5) is 28.3. The van der Waals surface area contributed by atoms with E-state index in [-0.39, 0.29) is 16.9 Å². The third kappa shape index (κ3) is 3.76. The van der Waals surface area contributed by atoms with E-state index < -0.39 is 17.5 Å². The van der Waals surface area contributed by atoms with Crippen LogP contribution in [-0.4, -0.2) is 41.5 Å². The summed E-state index contributed by atoms with van der Waals surface area (Å²) in [5.41, 5.74) is 1.71. The quantitative estimate of drug-likeness (QED) is 0.268. The summed E-state index contributed by atoms with van der Waals surface area (Å²) in [6.07, 6.45) is 1.64. The van der Waals surface area contributed by atoms with E-state index in [0.29, 0.717) is 40.4 Å². The van der Waals surface area contributed by atoms with Crippen LogP contribution in [0.4, 0.5) is 5.69 Å². The number of amides is 1. The summed E-state index contributed by atoms with van der Waals surface area (Å²) < 4.78 is 13.5. The number of carbonyl (C=O) groups is 1. The van der Waals surface area contributed by atoms with Crippen LogP contribution in [0.2, 0.25) is 0 Å². The van der Waals surface area contributed by atoms with Gasteiger partial charge in [0.2, 0.25) is 0 Å². The van der Waals surface area contributed by atoms with Crippen LogP contribution in [0.3, 0.4) is 0 Å². The van der Waals surface area contributed by atoms with Crippen LogP contribution in [-0.2, 0) is 16.9 Å². The van der Waals surface area contributed by atoms with Crippen molar-refractivity contribution < 1.29 is 19.2 Å². The zero-order valence-corrected chi connectivity index (χ0v) is 23.7. The smallest absolute Gasteiger partial charge is 0.256 e. The van der Waals surface area contributed by atoms with Gasteiger partial charge in [0.15, 0.2) is 17.0 Å². The SMILES string of the molecule is COc1cc([C@H]2[C@H]([N+](=O)[O-])[C@]3(C(=O)Nc4ccccc43)N3CCC[C@@H]23)cc(Br)c1OCc1ccc(Br)cc1. The van der Waals surface area contributed by atoms with Crippen LogP contribution in [0.15, 0.2) is 69.6 Å². The summed E-state index contributed by atoms with van der Waals surface area (Å²) in [5.74, 6) is 0.164. The van der Waals surface area contributed by atoms with E-state index in [4.69, 9.17) is 9.47 Å². The Hall–Kier alpha value is -2.95. The standard InChI is InChI=1S/C28H25Br2N3O5/c1-37-23-14-17(13-20(30)25(23)38-15-16-8-10-18(29)11-9-16)24-22-7-4-12-32(22)28(26(24)33(35)36)19-5-2-3-6-21(19)31-27(28)34/h2-3,5-6,8-11,13-14,22,24,26H,4,7,12,15H2,1H3,(H,31,34)/t22-,24+,26-,28+/m0/s1. The molecule has 6 rings (SSSR count). The number of nitro groups is 1. The van der Waals surface area contributed by atoms with E-state index in [9.17, 15) is 14.9 Å². The highest BCUT2D eigenvalue weighted by Gasteiger charge is 2.73. The van der Waals surface area contributed by atoms with Crippen molar-refractivity contribution in [3.05, 3.63) is 96.4 Å². The molecule has 0 saturated carbocycles. The number of methoxy groups -OCH3 is 1. The molecule has 0 radical (unpaired) electrons. The molecule has 3 aromatic carbocycles. The summed E-state index contributed by atoms with van der Waals surface area (Å²) in [7, 11) is 1.56. The van der Waals surface area contributed by atoms with Crippen LogP contribution >= 0.6 is 31.9 Å². The average molecular weight is 643 g/mol. The highest BCUT2D eigenvalue weighted by molar-refractivity contribution is 9.10. The van der Waals surface area contributed by atoms with Gasteiger partial charge in [-0.05, 0) is 70.2 Å². The van der Waals surface area contributed by atoms with Crippen LogP contribution in [0, 0.1) is 10.1 Å². The molecule has 3 aromatic rings. The number of benzene rings is 3. The van der Waals surface area contributed by atoms with Gasteiger partial charge in [-0.15, -0.1) is 0 Å². The van der Waals surface area contributed by atoms with Gasteiger partial charge >= 0.3 is 0 Å². The number of fused-ring (bicyclic) bond motifs is 4. The van der Waals surface area contributed by atoms with Crippen molar-refractivity contribution >= 4 is 43.5 Å². The molecule has 3 aliphatic heterocycles. The second-order valence-electron chi connectivity index (χ2n) is 9.87. The van der Waals surface area contributed by atoms with E-state index >= 15 is 0 Å². The molecular formula is C28H25Br2N3O5. The van der Waals surface area contributed by atoms with Gasteiger partial charge < -0.3 is 14.8 Å². The molecule has 0 aromatic heterocycles. The Morgan fingerprint density at radius 3 is 2.66 bits per heavy atom. The molecule has 196 valence electrons. The largest absolute Gasteiger partial charge is 0.493 e. The number of nitrogens with zero attached hydrogens (tertiary/aromatic N) is 2. The lowest BCUT2D eigenvalue weighted by atomic mass is 9.77. The van der Waals surface area contributed by atoms with Gasteiger partial charge in [0, 0.05) is 33.2 Å². The van der Waals surface area contributed by atoms with Crippen LogP contribution < -0.4 is 14.8 Å².